The van der Waals surface area contributed by atoms with E-state index in [1.807, 2.05) is 0 Å². The summed E-state index contributed by atoms with van der Waals surface area (Å²) in [6.45, 7) is 0.875. The lowest BCUT2D eigenvalue weighted by Gasteiger charge is -2.06. The minimum absolute atomic E-state index is 0.408. The van der Waals surface area contributed by atoms with Crippen LogP contribution < -0.4 is 0 Å². The quantitative estimate of drug-likeness (QED) is 0.723. The van der Waals surface area contributed by atoms with E-state index in [1.54, 1.807) is 0 Å². The van der Waals surface area contributed by atoms with Crippen molar-refractivity contribution >= 4 is 15.9 Å². The highest BCUT2D eigenvalue weighted by molar-refractivity contribution is 9.09. The molecule has 0 radical (unpaired) electrons. The average Bonchev–Trinajstić information content (AvgIpc) is 2.67. The number of halogens is 1. The van der Waals surface area contributed by atoms with E-state index in [1.165, 1.54) is 5.56 Å². The minimum atomic E-state index is 0.408. The van der Waals surface area contributed by atoms with Crippen molar-refractivity contribution in [1.29, 1.82) is 0 Å². The second kappa shape index (κ2) is 4.25. The fraction of sp³-hybridized carbons (Fsp3) is 0.455. The second-order valence-electron chi connectivity index (χ2n) is 3.45. The van der Waals surface area contributed by atoms with Gasteiger partial charge in [-0.1, -0.05) is 46.3 Å². The first-order chi connectivity index (χ1) is 6.40. The molecule has 0 aliphatic carbocycles. The zero-order chi connectivity index (χ0) is 9.10. The van der Waals surface area contributed by atoms with Crippen LogP contribution in [0.3, 0.4) is 0 Å². The van der Waals surface area contributed by atoms with Crippen molar-refractivity contribution < 1.29 is 4.74 Å². The third-order valence-electron chi connectivity index (χ3n) is 2.52. The van der Waals surface area contributed by atoms with E-state index in [0.717, 1.165) is 18.4 Å². The molecule has 0 spiro atoms. The molecule has 1 aliphatic heterocycles. The van der Waals surface area contributed by atoms with Crippen LogP contribution in [0.2, 0.25) is 0 Å². The molecule has 1 heterocycles. The van der Waals surface area contributed by atoms with Gasteiger partial charge in [0.15, 0.2) is 0 Å². The van der Waals surface area contributed by atoms with Crippen LogP contribution in [0.4, 0.5) is 0 Å². The number of rotatable bonds is 2. The average molecular weight is 241 g/mol. The first kappa shape index (κ1) is 9.22. The van der Waals surface area contributed by atoms with Crippen LogP contribution in [0.25, 0.3) is 0 Å². The first-order valence-electron chi connectivity index (χ1n) is 4.62. The second-order valence-corrected chi connectivity index (χ2v) is 4.10. The summed E-state index contributed by atoms with van der Waals surface area (Å²) in [7, 11) is 0. The number of hydrogen-bond donors (Lipinski definition) is 0. The van der Waals surface area contributed by atoms with Gasteiger partial charge in [-0.3, -0.25) is 0 Å². The van der Waals surface area contributed by atoms with Crippen LogP contribution in [-0.4, -0.2) is 18.0 Å². The summed E-state index contributed by atoms with van der Waals surface area (Å²) in [6, 6.07) is 10.6. The molecule has 0 bridgehead atoms. The Morgan fingerprint density at radius 1 is 1.31 bits per heavy atom. The molecule has 70 valence electrons. The van der Waals surface area contributed by atoms with Crippen LogP contribution >= 0.6 is 15.9 Å². The highest BCUT2D eigenvalue weighted by atomic mass is 79.9. The fourth-order valence-corrected chi connectivity index (χ4v) is 2.22. The van der Waals surface area contributed by atoms with Crippen molar-refractivity contribution in [2.24, 2.45) is 0 Å². The van der Waals surface area contributed by atoms with Crippen molar-refractivity contribution in [1.82, 2.24) is 0 Å². The summed E-state index contributed by atoms with van der Waals surface area (Å²) in [5.74, 6) is 0.601. The summed E-state index contributed by atoms with van der Waals surface area (Å²) in [5.41, 5.74) is 1.41. The van der Waals surface area contributed by atoms with Crippen LogP contribution in [0.15, 0.2) is 30.3 Å². The minimum Gasteiger partial charge on any atom is -0.377 e. The Bertz CT molecular complexity index is 260. The highest BCUT2D eigenvalue weighted by Gasteiger charge is 2.25. The molecule has 13 heavy (non-hydrogen) atoms. The normalized spacial score (nSPS) is 27.8. The topological polar surface area (TPSA) is 9.23 Å². The standard InChI is InChI=1S/C11H13BrO/c12-7-11-6-10(8-13-11)9-4-2-1-3-5-9/h1-5,10-11H,6-8H2/t10-,11-/m0/s1. The van der Waals surface area contributed by atoms with Crippen LogP contribution in [0.5, 0.6) is 0 Å². The highest BCUT2D eigenvalue weighted by Crippen LogP contribution is 2.29. The van der Waals surface area contributed by atoms with Gasteiger partial charge in [-0.25, -0.2) is 0 Å². The number of hydrogen-bond acceptors (Lipinski definition) is 1. The number of alkyl halides is 1. The zero-order valence-electron chi connectivity index (χ0n) is 7.45. The Labute approximate surface area is 87.2 Å². The van der Waals surface area contributed by atoms with Gasteiger partial charge in [-0.2, -0.15) is 0 Å². The zero-order valence-corrected chi connectivity index (χ0v) is 9.03. The molecule has 1 aromatic carbocycles. The molecule has 2 heteroatoms. The molecule has 0 unspecified atom stereocenters. The van der Waals surface area contributed by atoms with Crippen LogP contribution in [-0.2, 0) is 4.74 Å². The number of ether oxygens (including phenoxy) is 1. The third-order valence-corrected chi connectivity index (χ3v) is 3.25. The molecule has 1 aromatic rings. The predicted molar refractivity (Wildman–Crippen MR) is 57.3 cm³/mol. The molecule has 0 N–H and O–H groups in total. The maximum absolute atomic E-state index is 5.62. The lowest BCUT2D eigenvalue weighted by Crippen LogP contribution is -2.05. The van der Waals surface area contributed by atoms with Crippen LogP contribution in [0.1, 0.15) is 17.9 Å². The molecular weight excluding hydrogens is 228 g/mol. The van der Waals surface area contributed by atoms with Crippen molar-refractivity contribution in [3.05, 3.63) is 35.9 Å². The van der Waals surface area contributed by atoms with Gasteiger partial charge in [0.05, 0.1) is 12.7 Å². The number of benzene rings is 1. The van der Waals surface area contributed by atoms with Gasteiger partial charge in [0, 0.05) is 11.2 Å². The monoisotopic (exact) mass is 240 g/mol. The van der Waals surface area contributed by atoms with E-state index in [0.29, 0.717) is 12.0 Å². The molecule has 0 aromatic heterocycles. The van der Waals surface area contributed by atoms with Crippen molar-refractivity contribution in [3.63, 3.8) is 0 Å². The lowest BCUT2D eigenvalue weighted by atomic mass is 9.97. The predicted octanol–water partition coefficient (Wildman–Crippen LogP) is 2.95. The van der Waals surface area contributed by atoms with E-state index in [4.69, 9.17) is 4.74 Å². The molecule has 1 saturated heterocycles. The first-order valence-corrected chi connectivity index (χ1v) is 5.75. The molecule has 2 atom stereocenters. The maximum atomic E-state index is 5.62. The Hall–Kier alpha value is -0.340. The van der Waals surface area contributed by atoms with Crippen LogP contribution in [0, 0.1) is 0 Å². The van der Waals surface area contributed by atoms with Crippen molar-refractivity contribution in [3.8, 4) is 0 Å². The van der Waals surface area contributed by atoms with E-state index in [-0.39, 0.29) is 0 Å². The van der Waals surface area contributed by atoms with E-state index in [9.17, 15) is 0 Å². The van der Waals surface area contributed by atoms with Gasteiger partial charge >= 0.3 is 0 Å². The van der Waals surface area contributed by atoms with E-state index < -0.39 is 0 Å². The Morgan fingerprint density at radius 2 is 2.08 bits per heavy atom. The summed E-state index contributed by atoms with van der Waals surface area (Å²) < 4.78 is 5.62. The Morgan fingerprint density at radius 3 is 2.69 bits per heavy atom. The van der Waals surface area contributed by atoms with Crippen molar-refractivity contribution in [2.75, 3.05) is 11.9 Å². The summed E-state index contributed by atoms with van der Waals surface area (Å²) in [4.78, 5) is 0. The third kappa shape index (κ3) is 2.12. The van der Waals surface area contributed by atoms with Gasteiger partial charge in [0.1, 0.15) is 0 Å². The van der Waals surface area contributed by atoms with Gasteiger partial charge in [-0.05, 0) is 12.0 Å². The molecule has 0 amide bonds. The van der Waals surface area contributed by atoms with E-state index >= 15 is 0 Å². The van der Waals surface area contributed by atoms with Gasteiger partial charge in [0.25, 0.3) is 0 Å². The molecule has 1 fully saturated rings. The van der Waals surface area contributed by atoms with Gasteiger partial charge < -0.3 is 4.74 Å². The molecule has 0 saturated carbocycles. The van der Waals surface area contributed by atoms with Gasteiger partial charge in [0.2, 0.25) is 0 Å². The summed E-state index contributed by atoms with van der Waals surface area (Å²) in [6.07, 6.45) is 1.56. The summed E-state index contributed by atoms with van der Waals surface area (Å²) in [5, 5.41) is 0.955. The molecule has 1 aliphatic rings. The molecule has 2 rings (SSSR count). The smallest absolute Gasteiger partial charge is 0.0678 e. The van der Waals surface area contributed by atoms with E-state index in [2.05, 4.69) is 46.3 Å². The van der Waals surface area contributed by atoms with Gasteiger partial charge in [-0.15, -0.1) is 0 Å². The summed E-state index contributed by atoms with van der Waals surface area (Å²) >= 11 is 3.45. The maximum Gasteiger partial charge on any atom is 0.0678 e. The lowest BCUT2D eigenvalue weighted by molar-refractivity contribution is 0.127. The SMILES string of the molecule is BrC[C@@H]1C[C@H](c2ccccc2)CO1. The fourth-order valence-electron chi connectivity index (χ4n) is 1.77. The molecular formula is C11H13BrO. The largest absolute Gasteiger partial charge is 0.377 e. The Balaban J connectivity index is 2.04. The molecule has 1 nitrogen and oxygen atoms in total. The van der Waals surface area contributed by atoms with Crippen molar-refractivity contribution in [2.45, 2.75) is 18.4 Å². The Kier molecular flexibility index (Phi) is 3.01.